The van der Waals surface area contributed by atoms with Gasteiger partial charge in [0.15, 0.2) is 6.10 Å². The Morgan fingerprint density at radius 1 is 0.674 bits per heavy atom. The highest BCUT2D eigenvalue weighted by Gasteiger charge is 2.27. The van der Waals surface area contributed by atoms with Crippen LogP contribution >= 0.6 is 7.82 Å². The summed E-state index contributed by atoms with van der Waals surface area (Å²) in [5, 5.41) is 18.2. The Labute approximate surface area is 276 Å². The number of unbranched alkanes of at least 4 members (excludes halogenated alkanes) is 6. The minimum Gasteiger partial charge on any atom is -0.462 e. The quantitative estimate of drug-likeness (QED) is 0.0302. The first kappa shape index (κ1) is 43.7. The third-order valence-corrected chi connectivity index (χ3v) is 7.39. The number of hydrogen-bond acceptors (Lipinski definition) is 9. The van der Waals surface area contributed by atoms with E-state index in [4.69, 9.17) is 19.1 Å². The maximum Gasteiger partial charge on any atom is 0.472 e. The number of aliphatic hydroxyl groups excluding tert-OH is 2. The molecule has 0 bridgehead atoms. The van der Waals surface area contributed by atoms with Crippen molar-refractivity contribution in [3.05, 3.63) is 60.8 Å². The Balaban J connectivity index is 4.50. The molecule has 10 nitrogen and oxygen atoms in total. The van der Waals surface area contributed by atoms with E-state index >= 15 is 0 Å². The van der Waals surface area contributed by atoms with Crippen LogP contribution in [-0.4, -0.2) is 65.7 Å². The Bertz CT molecular complexity index is 957. The molecule has 0 amide bonds. The zero-order valence-corrected chi connectivity index (χ0v) is 28.9. The molecule has 0 aromatic rings. The topological polar surface area (TPSA) is 149 Å². The van der Waals surface area contributed by atoms with Crippen molar-refractivity contribution < 1.29 is 47.8 Å². The molecule has 11 heteroatoms. The second-order valence-corrected chi connectivity index (χ2v) is 12.3. The third kappa shape index (κ3) is 30.3. The molecule has 0 fully saturated rings. The number of phosphoric acid groups is 1. The summed E-state index contributed by atoms with van der Waals surface area (Å²) < 4.78 is 32.3. The van der Waals surface area contributed by atoms with Gasteiger partial charge in [0, 0.05) is 12.8 Å². The lowest BCUT2D eigenvalue weighted by Gasteiger charge is -2.20. The summed E-state index contributed by atoms with van der Waals surface area (Å²) in [7, 11) is -4.62. The minimum atomic E-state index is -4.62. The fourth-order valence-corrected chi connectivity index (χ4v) is 4.64. The molecule has 0 aliphatic rings. The van der Waals surface area contributed by atoms with Crippen LogP contribution in [0, 0.1) is 0 Å². The number of allylic oxidation sites excluding steroid dienone is 10. The lowest BCUT2D eigenvalue weighted by atomic mass is 10.1. The second-order valence-electron chi connectivity index (χ2n) is 10.8. The van der Waals surface area contributed by atoms with Gasteiger partial charge in [-0.1, -0.05) is 107 Å². The predicted molar refractivity (Wildman–Crippen MR) is 182 cm³/mol. The average molecular weight is 671 g/mol. The van der Waals surface area contributed by atoms with Gasteiger partial charge in [-0.2, -0.15) is 0 Å². The lowest BCUT2D eigenvalue weighted by Crippen LogP contribution is -2.29. The number of ether oxygens (including phenoxy) is 2. The number of hydrogen-bond donors (Lipinski definition) is 3. The zero-order valence-electron chi connectivity index (χ0n) is 28.0. The maximum absolute atomic E-state index is 12.4. The molecular formula is C35H59O10P. The molecule has 3 atom stereocenters. The van der Waals surface area contributed by atoms with Crippen molar-refractivity contribution in [1.82, 2.24) is 0 Å². The van der Waals surface area contributed by atoms with Crippen LogP contribution in [0.5, 0.6) is 0 Å². The van der Waals surface area contributed by atoms with Crippen molar-refractivity contribution in [2.45, 2.75) is 122 Å². The van der Waals surface area contributed by atoms with Crippen LogP contribution in [0.1, 0.15) is 110 Å². The molecule has 3 N–H and O–H groups in total. The van der Waals surface area contributed by atoms with E-state index in [1.54, 1.807) is 0 Å². The van der Waals surface area contributed by atoms with Crippen LogP contribution in [-0.2, 0) is 32.7 Å². The molecule has 0 saturated heterocycles. The standard InChI is InChI=1S/C35H59O10P/c1-3-5-7-9-11-12-13-14-15-16-17-18-19-20-21-23-25-27-35(39)45-33(31-44-46(40,41)43-29-32(37)28-36)30-42-34(38)26-24-22-10-8-6-4-2/h5,7,11-12,14-15,17-18,20-21,32-33,36-37H,3-4,6,8-10,13,16,19,22-31H2,1-2H3,(H,40,41)/b7-5-,12-11-,15-14-,18-17-,21-20-. The molecule has 0 aromatic heterocycles. The van der Waals surface area contributed by atoms with Crippen molar-refractivity contribution in [3.63, 3.8) is 0 Å². The molecule has 0 radical (unpaired) electrons. The van der Waals surface area contributed by atoms with E-state index < -0.39 is 51.8 Å². The van der Waals surface area contributed by atoms with E-state index in [-0.39, 0.29) is 19.4 Å². The molecule has 0 saturated carbocycles. The Morgan fingerprint density at radius 2 is 1.20 bits per heavy atom. The molecule has 0 aliphatic carbocycles. The SMILES string of the molecule is CC/C=C\C/C=C\C/C=C\C/C=C\C/C=C\CCCC(=O)OC(COC(=O)CCCCCCCC)COP(=O)(O)OCC(O)CO. The van der Waals surface area contributed by atoms with Gasteiger partial charge < -0.3 is 24.6 Å². The van der Waals surface area contributed by atoms with Crippen molar-refractivity contribution in [2.24, 2.45) is 0 Å². The number of aliphatic hydroxyl groups is 2. The first-order valence-corrected chi connectivity index (χ1v) is 18.2. The monoisotopic (exact) mass is 670 g/mol. The summed E-state index contributed by atoms with van der Waals surface area (Å²) in [5.41, 5.74) is 0. The first-order chi connectivity index (χ1) is 22.2. The first-order valence-electron chi connectivity index (χ1n) is 16.7. The summed E-state index contributed by atoms with van der Waals surface area (Å²) in [6.45, 7) is 2.07. The number of phosphoric ester groups is 1. The van der Waals surface area contributed by atoms with E-state index in [1.165, 1.54) is 0 Å². The number of carbonyl (C=O) groups is 2. The largest absolute Gasteiger partial charge is 0.472 e. The van der Waals surface area contributed by atoms with E-state index in [1.807, 2.05) is 12.2 Å². The Morgan fingerprint density at radius 3 is 1.78 bits per heavy atom. The predicted octanol–water partition coefficient (Wildman–Crippen LogP) is 7.60. The smallest absolute Gasteiger partial charge is 0.462 e. The van der Waals surface area contributed by atoms with Gasteiger partial charge in [-0.15, -0.1) is 0 Å². The lowest BCUT2D eigenvalue weighted by molar-refractivity contribution is -0.161. The van der Waals surface area contributed by atoms with Crippen LogP contribution in [0.25, 0.3) is 0 Å². The second kappa shape index (κ2) is 31.3. The van der Waals surface area contributed by atoms with Gasteiger partial charge >= 0.3 is 19.8 Å². The fourth-order valence-electron chi connectivity index (χ4n) is 3.85. The van der Waals surface area contributed by atoms with Gasteiger partial charge in [-0.3, -0.25) is 18.6 Å². The maximum atomic E-state index is 12.4. The van der Waals surface area contributed by atoms with E-state index in [0.29, 0.717) is 19.3 Å². The zero-order chi connectivity index (χ0) is 34.1. The molecule has 46 heavy (non-hydrogen) atoms. The van der Waals surface area contributed by atoms with Gasteiger partial charge in [0.1, 0.15) is 12.7 Å². The van der Waals surface area contributed by atoms with E-state index in [9.17, 15) is 24.2 Å². The summed E-state index contributed by atoms with van der Waals surface area (Å²) in [4.78, 5) is 34.5. The summed E-state index contributed by atoms with van der Waals surface area (Å²) in [6.07, 6.45) is 31.0. The Hall–Kier alpha value is -2.33. The van der Waals surface area contributed by atoms with Crippen LogP contribution < -0.4 is 0 Å². The van der Waals surface area contributed by atoms with Gasteiger partial charge in [0.25, 0.3) is 0 Å². The van der Waals surface area contributed by atoms with Gasteiger partial charge in [-0.25, -0.2) is 4.57 Å². The molecule has 0 aromatic carbocycles. The third-order valence-electron chi connectivity index (χ3n) is 6.44. The van der Waals surface area contributed by atoms with E-state index in [2.05, 4.69) is 67.0 Å². The molecule has 264 valence electrons. The fraction of sp³-hybridized carbons (Fsp3) is 0.657. The van der Waals surface area contributed by atoms with Crippen molar-refractivity contribution in [2.75, 3.05) is 26.4 Å². The van der Waals surface area contributed by atoms with Crippen LogP contribution in [0.4, 0.5) is 0 Å². The number of carbonyl (C=O) groups excluding carboxylic acids is 2. The van der Waals surface area contributed by atoms with Crippen molar-refractivity contribution in [3.8, 4) is 0 Å². The van der Waals surface area contributed by atoms with Crippen LogP contribution in [0.3, 0.4) is 0 Å². The highest BCUT2D eigenvalue weighted by atomic mass is 31.2. The molecule has 0 rings (SSSR count). The Kier molecular flexibility index (Phi) is 29.7. The number of rotatable bonds is 30. The molecule has 0 aliphatic heterocycles. The summed E-state index contributed by atoms with van der Waals surface area (Å²) >= 11 is 0. The van der Waals surface area contributed by atoms with Crippen LogP contribution in [0.2, 0.25) is 0 Å². The molecular weight excluding hydrogens is 611 g/mol. The van der Waals surface area contributed by atoms with Gasteiger partial charge in [0.05, 0.1) is 19.8 Å². The van der Waals surface area contributed by atoms with Crippen molar-refractivity contribution >= 4 is 19.8 Å². The molecule has 3 unspecified atom stereocenters. The van der Waals surface area contributed by atoms with Crippen molar-refractivity contribution in [1.29, 1.82) is 0 Å². The average Bonchev–Trinajstić information content (AvgIpc) is 3.04. The van der Waals surface area contributed by atoms with E-state index in [0.717, 1.165) is 64.2 Å². The molecule has 0 heterocycles. The van der Waals surface area contributed by atoms with Gasteiger partial charge in [-0.05, 0) is 51.4 Å². The van der Waals surface area contributed by atoms with Crippen LogP contribution in [0.15, 0.2) is 60.8 Å². The van der Waals surface area contributed by atoms with Gasteiger partial charge in [0.2, 0.25) is 0 Å². The highest BCUT2D eigenvalue weighted by molar-refractivity contribution is 7.47. The minimum absolute atomic E-state index is 0.104. The summed E-state index contributed by atoms with van der Waals surface area (Å²) in [6, 6.07) is 0. The molecule has 0 spiro atoms. The normalized spacial score (nSPS) is 15.0. The highest BCUT2D eigenvalue weighted by Crippen LogP contribution is 2.43. The number of esters is 2. The summed E-state index contributed by atoms with van der Waals surface area (Å²) in [5.74, 6) is -1.01.